The van der Waals surface area contributed by atoms with Crippen molar-refractivity contribution in [2.24, 2.45) is 0 Å². The van der Waals surface area contributed by atoms with Crippen LogP contribution in [0.3, 0.4) is 0 Å². The van der Waals surface area contributed by atoms with Gasteiger partial charge >= 0.3 is 0 Å². The Balaban J connectivity index is 2.08. The number of furan rings is 1. The number of nitrogens with zero attached hydrogens (tertiary/aromatic N) is 1. The monoisotopic (exact) mass is 457 g/mol. The zero-order chi connectivity index (χ0) is 23.3. The Morgan fingerprint density at radius 3 is 2.56 bits per heavy atom. The molecule has 0 aliphatic heterocycles. The lowest BCUT2D eigenvalue weighted by Gasteiger charge is -2.10. The average molecular weight is 458 g/mol. The normalized spacial score (nSPS) is 11.3. The molecule has 0 saturated heterocycles. The number of carbonyl (C=O) groups excluding carboxylic acids is 1. The summed E-state index contributed by atoms with van der Waals surface area (Å²) in [6, 6.07) is 7.07. The maximum atomic E-state index is 13.4. The van der Waals surface area contributed by atoms with Crippen LogP contribution in [-0.2, 0) is 10.0 Å². The average Bonchev–Trinajstić information content (AvgIpc) is 3.14. The van der Waals surface area contributed by atoms with Gasteiger partial charge in [-0.05, 0) is 49.6 Å². The summed E-state index contributed by atoms with van der Waals surface area (Å²) in [4.78, 5) is 16.9. The number of pyridine rings is 1. The molecule has 0 atom stereocenters. The molecule has 2 heterocycles. The van der Waals surface area contributed by atoms with Crippen molar-refractivity contribution in [1.29, 1.82) is 0 Å². The minimum Gasteiger partial charge on any atom is -0.437 e. The highest BCUT2D eigenvalue weighted by Crippen LogP contribution is 2.35. The van der Waals surface area contributed by atoms with Gasteiger partial charge in [-0.2, -0.15) is 4.98 Å². The molecule has 0 fully saturated rings. The minimum atomic E-state index is -3.65. The predicted octanol–water partition coefficient (Wildman–Crippen LogP) is 4.73. The molecule has 0 saturated carbocycles. The Labute approximate surface area is 186 Å². The van der Waals surface area contributed by atoms with E-state index in [9.17, 15) is 17.6 Å². The smallest absolute Gasteiger partial charge is 0.255 e. The summed E-state index contributed by atoms with van der Waals surface area (Å²) < 4.78 is 46.7. The fourth-order valence-electron chi connectivity index (χ4n) is 3.21. The van der Waals surface area contributed by atoms with E-state index in [0.29, 0.717) is 29.4 Å². The number of hydrogen-bond acceptors (Lipinski definition) is 5. The number of rotatable bonds is 10. The number of amides is 1. The largest absolute Gasteiger partial charge is 0.437 e. The van der Waals surface area contributed by atoms with E-state index in [0.717, 1.165) is 6.42 Å². The lowest BCUT2D eigenvalue weighted by molar-refractivity contribution is 0.0964. The van der Waals surface area contributed by atoms with Crippen LogP contribution in [0.2, 0.25) is 0 Å². The molecule has 2 N–H and O–H groups in total. The number of carbonyl (C=O) groups is 1. The number of fused-ring (bicyclic) bond motifs is 1. The zero-order valence-electron chi connectivity index (χ0n) is 17.7. The van der Waals surface area contributed by atoms with Gasteiger partial charge in [0.1, 0.15) is 11.6 Å². The quantitative estimate of drug-likeness (QED) is 0.338. The van der Waals surface area contributed by atoms with Gasteiger partial charge in [0.2, 0.25) is 15.7 Å². The van der Waals surface area contributed by atoms with Crippen molar-refractivity contribution in [2.45, 2.75) is 19.3 Å². The molecule has 0 bridgehead atoms. The molecule has 0 spiro atoms. The number of halogens is 1. The first-order valence-electron chi connectivity index (χ1n) is 9.99. The van der Waals surface area contributed by atoms with E-state index in [1.54, 1.807) is 12.1 Å². The summed E-state index contributed by atoms with van der Waals surface area (Å²) in [6.45, 7) is 7.35. The molecule has 1 amide bonds. The van der Waals surface area contributed by atoms with Crippen LogP contribution >= 0.6 is 0 Å². The summed E-state index contributed by atoms with van der Waals surface area (Å²) in [5.74, 6) is -0.663. The molecule has 7 nitrogen and oxygen atoms in total. The van der Waals surface area contributed by atoms with Gasteiger partial charge < -0.3 is 9.73 Å². The molecule has 0 unspecified atom stereocenters. The zero-order valence-corrected chi connectivity index (χ0v) is 18.5. The van der Waals surface area contributed by atoms with Gasteiger partial charge in [-0.25, -0.2) is 12.8 Å². The summed E-state index contributed by atoms with van der Waals surface area (Å²) in [7, 11) is -2.18. The van der Waals surface area contributed by atoms with E-state index in [1.165, 1.54) is 37.4 Å². The highest BCUT2D eigenvalue weighted by atomic mass is 32.2. The number of anilines is 1. The van der Waals surface area contributed by atoms with E-state index >= 15 is 0 Å². The Hall–Kier alpha value is -3.46. The molecule has 168 valence electrons. The van der Waals surface area contributed by atoms with Crippen molar-refractivity contribution in [1.82, 2.24) is 10.3 Å². The molecular weight excluding hydrogens is 433 g/mol. The highest BCUT2D eigenvalue weighted by Gasteiger charge is 2.24. The second kappa shape index (κ2) is 9.78. The van der Waals surface area contributed by atoms with Crippen molar-refractivity contribution < 1.29 is 22.0 Å². The molecule has 0 radical (unpaired) electrons. The summed E-state index contributed by atoms with van der Waals surface area (Å²) in [5.41, 5.74) is 1.15. The maximum absolute atomic E-state index is 13.4. The predicted molar refractivity (Wildman–Crippen MR) is 124 cm³/mol. The van der Waals surface area contributed by atoms with Gasteiger partial charge in [0.25, 0.3) is 5.91 Å². The highest BCUT2D eigenvalue weighted by molar-refractivity contribution is 7.92. The SMILES string of the molecule is C=CCCCCS(=O)(=O)Nc1nc2oc(-c3ccc(F)cc3)c(C(=O)NC)c2cc1C=C. The van der Waals surface area contributed by atoms with Gasteiger partial charge in [-0.1, -0.05) is 18.7 Å². The van der Waals surface area contributed by atoms with E-state index in [-0.39, 0.29) is 28.6 Å². The Kier molecular flexibility index (Phi) is 7.09. The van der Waals surface area contributed by atoms with Crippen LogP contribution in [0, 0.1) is 5.82 Å². The number of benzene rings is 1. The number of aromatic nitrogens is 1. The molecule has 3 aromatic rings. The van der Waals surface area contributed by atoms with E-state index in [2.05, 4.69) is 28.2 Å². The van der Waals surface area contributed by atoms with E-state index in [1.807, 2.05) is 0 Å². The van der Waals surface area contributed by atoms with Crippen LogP contribution in [0.5, 0.6) is 0 Å². The summed E-state index contributed by atoms with van der Waals surface area (Å²) >= 11 is 0. The van der Waals surface area contributed by atoms with Crippen molar-refractivity contribution in [3.8, 4) is 11.3 Å². The molecule has 2 aromatic heterocycles. The topological polar surface area (TPSA) is 101 Å². The van der Waals surface area contributed by atoms with Crippen LogP contribution in [0.4, 0.5) is 10.2 Å². The van der Waals surface area contributed by atoms with Crippen molar-refractivity contribution in [3.05, 3.63) is 66.5 Å². The molecule has 32 heavy (non-hydrogen) atoms. The lowest BCUT2D eigenvalue weighted by Crippen LogP contribution is -2.19. The maximum Gasteiger partial charge on any atom is 0.255 e. The van der Waals surface area contributed by atoms with Crippen LogP contribution in [0.25, 0.3) is 28.5 Å². The van der Waals surface area contributed by atoms with Gasteiger partial charge in [0, 0.05) is 18.2 Å². The molecular formula is C23H24FN3O4S. The second-order valence-electron chi connectivity index (χ2n) is 7.08. The Morgan fingerprint density at radius 2 is 1.94 bits per heavy atom. The number of unbranched alkanes of at least 4 members (excludes halogenated alkanes) is 2. The first kappa shape index (κ1) is 23.2. The standard InChI is InChI=1S/C23H24FN3O4S/c1-4-6-7-8-13-32(29,30)27-21-15(5-2)14-18-19(22(28)25-3)20(31-23(18)26-21)16-9-11-17(24)12-10-16/h4-5,9-12,14H,1-2,6-8,13H2,3H3,(H,25,28)(H,26,27). The molecule has 1 aromatic carbocycles. The molecule has 9 heteroatoms. The minimum absolute atomic E-state index is 0.0547. The molecule has 0 aliphatic carbocycles. The van der Waals surface area contributed by atoms with Crippen LogP contribution in [-0.4, -0.2) is 32.1 Å². The first-order chi connectivity index (χ1) is 15.3. The Bertz CT molecular complexity index is 1260. The number of allylic oxidation sites excluding steroid dienone is 1. The van der Waals surface area contributed by atoms with Gasteiger partial charge in [0.15, 0.2) is 5.82 Å². The lowest BCUT2D eigenvalue weighted by atomic mass is 10.0. The summed E-state index contributed by atoms with van der Waals surface area (Å²) in [5, 5.41) is 2.94. The van der Waals surface area contributed by atoms with E-state index in [4.69, 9.17) is 4.42 Å². The van der Waals surface area contributed by atoms with Crippen molar-refractivity contribution in [2.75, 3.05) is 17.5 Å². The fourth-order valence-corrected chi connectivity index (χ4v) is 4.35. The Morgan fingerprint density at radius 1 is 1.22 bits per heavy atom. The van der Waals surface area contributed by atoms with Gasteiger partial charge in [0.05, 0.1) is 16.7 Å². The molecule has 3 rings (SSSR count). The number of hydrogen-bond donors (Lipinski definition) is 2. The van der Waals surface area contributed by atoms with Gasteiger partial charge in [-0.3, -0.25) is 9.52 Å². The van der Waals surface area contributed by atoms with E-state index < -0.39 is 21.7 Å². The van der Waals surface area contributed by atoms with Crippen LogP contribution < -0.4 is 10.0 Å². The third-order valence-electron chi connectivity index (χ3n) is 4.82. The second-order valence-corrected chi connectivity index (χ2v) is 8.92. The number of sulfonamides is 1. The van der Waals surface area contributed by atoms with Crippen molar-refractivity contribution in [3.63, 3.8) is 0 Å². The third kappa shape index (κ3) is 5.05. The first-order valence-corrected chi connectivity index (χ1v) is 11.6. The van der Waals surface area contributed by atoms with Crippen LogP contribution in [0.15, 0.2) is 54.0 Å². The van der Waals surface area contributed by atoms with Gasteiger partial charge in [-0.15, -0.1) is 6.58 Å². The third-order valence-corrected chi connectivity index (χ3v) is 6.15. The molecule has 0 aliphatic rings. The fraction of sp³-hybridized carbons (Fsp3) is 0.217. The number of nitrogens with one attached hydrogen (secondary N) is 2. The summed E-state index contributed by atoms with van der Waals surface area (Å²) in [6.07, 6.45) is 5.10. The van der Waals surface area contributed by atoms with Crippen molar-refractivity contribution >= 4 is 38.9 Å². The van der Waals surface area contributed by atoms with Crippen LogP contribution in [0.1, 0.15) is 35.2 Å².